The topological polar surface area (TPSA) is 0 Å². The highest BCUT2D eigenvalue weighted by molar-refractivity contribution is 7.15. The van der Waals surface area contributed by atoms with Crippen molar-refractivity contribution in [1.82, 2.24) is 0 Å². The van der Waals surface area contributed by atoms with Crippen molar-refractivity contribution in [2.75, 3.05) is 0 Å². The molecule has 0 amide bonds. The number of hydrogen-bond donors (Lipinski definition) is 0. The van der Waals surface area contributed by atoms with Crippen LogP contribution in [0.1, 0.15) is 44.1 Å². The highest BCUT2D eigenvalue weighted by Gasteiger charge is 2.63. The van der Waals surface area contributed by atoms with E-state index in [1.54, 1.807) is 38.5 Å². The molecular weight excluding hydrogens is 283 g/mol. The molecule has 7 aliphatic rings. The van der Waals surface area contributed by atoms with Gasteiger partial charge in [-0.05, 0) is 97.6 Å². The molecule has 7 fully saturated rings. The zero-order valence-electron chi connectivity index (χ0n) is 13.5. The smallest absolute Gasteiger partial charge is 0.0128 e. The Kier molecular flexibility index (Phi) is 3.40. The predicted molar refractivity (Wildman–Crippen MR) is 95.5 cm³/mol. The van der Waals surface area contributed by atoms with Crippen LogP contribution in [0.15, 0.2) is 30.3 Å². The van der Waals surface area contributed by atoms with Crippen molar-refractivity contribution in [2.45, 2.75) is 44.7 Å². The van der Waals surface area contributed by atoms with E-state index in [4.69, 9.17) is 0 Å². The van der Waals surface area contributed by atoms with Gasteiger partial charge < -0.3 is 0 Å². The Bertz CT molecular complexity index is 449. The van der Waals surface area contributed by atoms with Crippen LogP contribution >= 0.6 is 9.24 Å². The van der Waals surface area contributed by atoms with E-state index >= 15 is 0 Å². The van der Waals surface area contributed by atoms with Crippen LogP contribution in [0.5, 0.6) is 0 Å². The summed E-state index contributed by atoms with van der Waals surface area (Å²) < 4.78 is 0. The fourth-order valence-electron chi connectivity index (χ4n) is 7.50. The SMILES string of the molecule is C1C2CC3C4CC5CC(C14)C(C2)C3C5.PCc1ccccc1. The summed E-state index contributed by atoms with van der Waals surface area (Å²) in [6.07, 6.45) is 11.0. The molecule has 118 valence electrons. The van der Waals surface area contributed by atoms with Crippen LogP contribution < -0.4 is 0 Å². The fraction of sp³-hybridized carbons (Fsp3) is 0.714. The molecule has 0 spiro atoms. The molecule has 1 aromatic rings. The van der Waals surface area contributed by atoms with Gasteiger partial charge in [0, 0.05) is 0 Å². The highest BCUT2D eigenvalue weighted by atomic mass is 31.0. The fourth-order valence-corrected chi connectivity index (χ4v) is 7.78. The van der Waals surface area contributed by atoms with Crippen molar-refractivity contribution in [3.8, 4) is 0 Å². The Labute approximate surface area is 137 Å². The summed E-state index contributed by atoms with van der Waals surface area (Å²) in [4.78, 5) is 0. The first-order valence-electron chi connectivity index (χ1n) is 9.57. The molecule has 1 heteroatoms. The van der Waals surface area contributed by atoms with E-state index in [-0.39, 0.29) is 0 Å². The number of benzene rings is 1. The second kappa shape index (κ2) is 5.34. The van der Waals surface area contributed by atoms with Gasteiger partial charge in [0.05, 0.1) is 0 Å². The van der Waals surface area contributed by atoms with Gasteiger partial charge in [-0.2, -0.15) is 0 Å². The van der Waals surface area contributed by atoms with Crippen molar-refractivity contribution in [3.63, 3.8) is 0 Å². The van der Waals surface area contributed by atoms with Gasteiger partial charge in [0.15, 0.2) is 0 Å². The van der Waals surface area contributed by atoms with Crippen molar-refractivity contribution in [1.29, 1.82) is 0 Å². The largest absolute Gasteiger partial charge is 0.133 e. The Balaban J connectivity index is 0.000000122. The van der Waals surface area contributed by atoms with Crippen LogP contribution in [0.3, 0.4) is 0 Å². The summed E-state index contributed by atoms with van der Waals surface area (Å²) in [5.41, 5.74) is 1.37. The molecular formula is C21H29P. The first kappa shape index (κ1) is 14.0. The molecule has 1 atom stereocenters. The van der Waals surface area contributed by atoms with Gasteiger partial charge in [-0.3, -0.25) is 0 Å². The minimum atomic E-state index is 1.06. The zero-order chi connectivity index (χ0) is 14.7. The van der Waals surface area contributed by atoms with E-state index < -0.39 is 0 Å². The molecule has 1 aromatic carbocycles. The summed E-state index contributed by atoms with van der Waals surface area (Å²) in [5, 5.41) is 0. The number of hydrogen-bond acceptors (Lipinski definition) is 0. The van der Waals surface area contributed by atoms with Crippen LogP contribution in [-0.2, 0) is 6.16 Å². The third kappa shape index (κ3) is 2.06. The van der Waals surface area contributed by atoms with Gasteiger partial charge in [0.25, 0.3) is 0 Å². The molecule has 0 aliphatic heterocycles. The van der Waals surface area contributed by atoms with E-state index in [9.17, 15) is 0 Å². The zero-order valence-corrected chi connectivity index (χ0v) is 14.7. The van der Waals surface area contributed by atoms with Crippen LogP contribution in [0.4, 0.5) is 0 Å². The predicted octanol–water partition coefficient (Wildman–Crippen LogP) is 5.39. The molecule has 0 heterocycles. The van der Waals surface area contributed by atoms with Crippen LogP contribution in [0.25, 0.3) is 0 Å². The van der Waals surface area contributed by atoms with Gasteiger partial charge in [0.2, 0.25) is 0 Å². The lowest BCUT2D eigenvalue weighted by molar-refractivity contribution is -0.202. The third-order valence-corrected chi connectivity index (χ3v) is 8.48. The van der Waals surface area contributed by atoms with Crippen molar-refractivity contribution < 1.29 is 0 Å². The van der Waals surface area contributed by atoms with E-state index in [0.29, 0.717) is 0 Å². The molecule has 0 aromatic heterocycles. The lowest BCUT2D eigenvalue weighted by Crippen LogP contribution is -2.62. The standard InChI is InChI=1S/C14H20.C7H9P/c1-7-2-12-10-4-8-5-11(9(1)10)13(3-7)14(12)6-8;8-6-7-4-2-1-3-5-7/h7-14H,1-6H2;1-5H,6,8H2. The Morgan fingerprint density at radius 3 is 1.27 bits per heavy atom. The van der Waals surface area contributed by atoms with Gasteiger partial charge in [-0.25, -0.2) is 0 Å². The summed E-state index contributed by atoms with van der Waals surface area (Å²) >= 11 is 0. The quantitative estimate of drug-likeness (QED) is 0.610. The molecule has 8 rings (SSSR count). The molecule has 7 saturated carbocycles. The molecule has 1 unspecified atom stereocenters. The summed E-state index contributed by atoms with van der Waals surface area (Å²) in [5.74, 6) is 9.74. The Hall–Kier alpha value is -0.350. The second-order valence-corrected chi connectivity index (χ2v) is 9.23. The minimum Gasteiger partial charge on any atom is -0.133 e. The first-order valence-corrected chi connectivity index (χ1v) is 10.4. The Morgan fingerprint density at radius 1 is 0.636 bits per heavy atom. The van der Waals surface area contributed by atoms with Gasteiger partial charge in [-0.1, -0.05) is 30.3 Å². The van der Waals surface area contributed by atoms with Crippen LogP contribution in [-0.4, -0.2) is 0 Å². The number of rotatable bonds is 1. The van der Waals surface area contributed by atoms with Crippen LogP contribution in [0.2, 0.25) is 0 Å². The molecule has 0 radical (unpaired) electrons. The maximum absolute atomic E-state index is 2.69. The molecule has 8 bridgehead atoms. The maximum atomic E-state index is 2.69. The molecule has 0 N–H and O–H groups in total. The normalized spacial score (nSPS) is 49.1. The molecule has 22 heavy (non-hydrogen) atoms. The molecule has 0 nitrogen and oxygen atoms in total. The van der Waals surface area contributed by atoms with Crippen molar-refractivity contribution >= 4 is 9.24 Å². The summed E-state index contributed by atoms with van der Waals surface area (Å²) in [6, 6.07) is 10.4. The van der Waals surface area contributed by atoms with Crippen molar-refractivity contribution in [2.24, 2.45) is 47.3 Å². The lowest BCUT2D eigenvalue weighted by atomic mass is 9.36. The highest BCUT2D eigenvalue weighted by Crippen LogP contribution is 2.71. The Morgan fingerprint density at radius 2 is 1.00 bits per heavy atom. The minimum absolute atomic E-state index is 1.06. The summed E-state index contributed by atoms with van der Waals surface area (Å²) in [6.45, 7) is 0. The average Bonchev–Trinajstić information content (AvgIpc) is 2.60. The average molecular weight is 312 g/mol. The molecule has 7 aliphatic carbocycles. The van der Waals surface area contributed by atoms with Crippen LogP contribution in [0, 0.1) is 47.3 Å². The van der Waals surface area contributed by atoms with Gasteiger partial charge in [0.1, 0.15) is 0 Å². The summed E-state index contributed by atoms with van der Waals surface area (Å²) in [7, 11) is 2.69. The first-order chi connectivity index (χ1) is 10.8. The van der Waals surface area contributed by atoms with Gasteiger partial charge in [-0.15, -0.1) is 9.24 Å². The van der Waals surface area contributed by atoms with E-state index in [0.717, 1.165) is 6.16 Å². The van der Waals surface area contributed by atoms with E-state index in [2.05, 4.69) is 33.5 Å². The maximum Gasteiger partial charge on any atom is -0.0128 e. The van der Waals surface area contributed by atoms with E-state index in [1.165, 1.54) is 52.9 Å². The second-order valence-electron chi connectivity index (χ2n) is 8.82. The third-order valence-electron chi connectivity index (χ3n) is 8.01. The van der Waals surface area contributed by atoms with Gasteiger partial charge >= 0.3 is 0 Å². The monoisotopic (exact) mass is 312 g/mol. The molecule has 0 saturated heterocycles. The van der Waals surface area contributed by atoms with E-state index in [1.807, 2.05) is 6.07 Å². The van der Waals surface area contributed by atoms with Crippen molar-refractivity contribution in [3.05, 3.63) is 35.9 Å². The lowest BCUT2D eigenvalue weighted by Gasteiger charge is -2.69.